The average Bonchev–Trinajstić information content (AvgIpc) is 2.24. The molecule has 2 aliphatic heterocycles. The van der Waals surface area contributed by atoms with E-state index in [0.717, 1.165) is 51.9 Å². The van der Waals surface area contributed by atoms with Crippen LogP contribution in [0.15, 0.2) is 0 Å². The van der Waals surface area contributed by atoms with E-state index >= 15 is 0 Å². The number of ether oxygens (including phenoxy) is 1. The summed E-state index contributed by atoms with van der Waals surface area (Å²) in [6, 6.07) is 0. The van der Waals surface area contributed by atoms with Gasteiger partial charge in [-0.2, -0.15) is 0 Å². The Bertz CT molecular complexity index is 264. The normalized spacial score (nSPS) is 27.5. The van der Waals surface area contributed by atoms with Crippen molar-refractivity contribution in [1.82, 2.24) is 4.90 Å². The monoisotopic (exact) mass is 314 g/mol. The van der Waals surface area contributed by atoms with E-state index in [0.29, 0.717) is 0 Å². The van der Waals surface area contributed by atoms with Gasteiger partial charge in [0.2, 0.25) is 0 Å². The van der Waals surface area contributed by atoms with E-state index in [1.807, 2.05) is 0 Å². The molecule has 19 heavy (non-hydrogen) atoms. The maximum atomic E-state index is 10.1. The molecule has 0 aliphatic carbocycles. The highest BCUT2D eigenvalue weighted by Crippen LogP contribution is 2.35. The second kappa shape index (κ2) is 7.43. The first kappa shape index (κ1) is 19.4. The summed E-state index contributed by atoms with van der Waals surface area (Å²) in [5.74, 6) is 0. The average molecular weight is 315 g/mol. The van der Waals surface area contributed by atoms with Crippen molar-refractivity contribution in [2.75, 3.05) is 26.2 Å². The van der Waals surface area contributed by atoms with Gasteiger partial charge in [-0.15, -0.1) is 24.8 Å². The number of aliphatic hydroxyl groups excluding tert-OH is 1. The van der Waals surface area contributed by atoms with Gasteiger partial charge in [0.15, 0.2) is 0 Å². The molecule has 0 radical (unpaired) electrons. The van der Waals surface area contributed by atoms with Gasteiger partial charge in [-0.3, -0.25) is 0 Å². The van der Waals surface area contributed by atoms with Crippen LogP contribution >= 0.6 is 24.8 Å². The number of hydrogen-bond acceptors (Lipinski definition) is 4. The van der Waals surface area contributed by atoms with Crippen molar-refractivity contribution >= 4 is 24.8 Å². The van der Waals surface area contributed by atoms with Crippen molar-refractivity contribution in [3.05, 3.63) is 0 Å². The van der Waals surface area contributed by atoms with Gasteiger partial charge in [0.1, 0.15) is 0 Å². The van der Waals surface area contributed by atoms with Crippen LogP contribution in [0.4, 0.5) is 0 Å². The molecule has 2 aliphatic rings. The van der Waals surface area contributed by atoms with Gasteiger partial charge in [0.25, 0.3) is 0 Å². The molecule has 1 spiro atoms. The third-order valence-corrected chi connectivity index (χ3v) is 3.95. The summed E-state index contributed by atoms with van der Waals surface area (Å²) in [5.41, 5.74) is 5.64. The number of piperidine rings is 1. The SMILES string of the molecule is CC(C)(N)CN1CCC2(CC1)OCCCC2O.Cl.Cl. The molecule has 0 amide bonds. The predicted octanol–water partition coefficient (Wildman–Crippen LogP) is 1.57. The highest BCUT2D eigenvalue weighted by atomic mass is 35.5. The molecule has 2 fully saturated rings. The van der Waals surface area contributed by atoms with E-state index < -0.39 is 0 Å². The fourth-order valence-electron chi connectivity index (χ4n) is 3.05. The molecule has 6 heteroatoms. The van der Waals surface area contributed by atoms with Crippen molar-refractivity contribution < 1.29 is 9.84 Å². The quantitative estimate of drug-likeness (QED) is 0.812. The van der Waals surface area contributed by atoms with E-state index in [9.17, 15) is 5.11 Å². The predicted molar refractivity (Wildman–Crippen MR) is 82.4 cm³/mol. The molecule has 4 nitrogen and oxygen atoms in total. The molecular weight excluding hydrogens is 287 g/mol. The molecule has 0 bridgehead atoms. The Balaban J connectivity index is 0.00000162. The summed E-state index contributed by atoms with van der Waals surface area (Å²) >= 11 is 0. The molecule has 2 rings (SSSR count). The number of likely N-dealkylation sites (tertiary alicyclic amines) is 1. The second-order valence-corrected chi connectivity index (χ2v) is 6.34. The Kier molecular flexibility index (Phi) is 7.60. The maximum Gasteiger partial charge on any atom is 0.0964 e. The Hall–Kier alpha value is 0.420. The molecular formula is C13H28Cl2N2O2. The first-order valence-electron chi connectivity index (χ1n) is 6.75. The first-order valence-corrected chi connectivity index (χ1v) is 6.75. The van der Waals surface area contributed by atoms with Crippen molar-refractivity contribution in [3.63, 3.8) is 0 Å². The van der Waals surface area contributed by atoms with Crippen molar-refractivity contribution in [2.24, 2.45) is 5.73 Å². The van der Waals surface area contributed by atoms with Crippen LogP contribution in [0, 0.1) is 0 Å². The van der Waals surface area contributed by atoms with Crippen LogP contribution in [0.2, 0.25) is 0 Å². The Morgan fingerprint density at radius 2 is 1.89 bits per heavy atom. The molecule has 3 N–H and O–H groups in total. The van der Waals surface area contributed by atoms with Crippen LogP contribution in [0.5, 0.6) is 0 Å². The Morgan fingerprint density at radius 3 is 2.37 bits per heavy atom. The van der Waals surface area contributed by atoms with Crippen molar-refractivity contribution in [1.29, 1.82) is 0 Å². The van der Waals surface area contributed by atoms with Crippen molar-refractivity contribution in [3.8, 4) is 0 Å². The second-order valence-electron chi connectivity index (χ2n) is 6.34. The minimum absolute atomic E-state index is 0. The standard InChI is InChI=1S/C13H26N2O2.2ClH/c1-12(2,14)10-15-7-5-13(6-8-15)11(16)4-3-9-17-13;;/h11,16H,3-10,14H2,1-2H3;2*1H. The summed E-state index contributed by atoms with van der Waals surface area (Å²) in [6.07, 6.45) is 3.48. The largest absolute Gasteiger partial charge is 0.390 e. The van der Waals surface area contributed by atoms with Crippen LogP contribution in [-0.2, 0) is 4.74 Å². The fourth-order valence-corrected chi connectivity index (χ4v) is 3.05. The molecule has 0 aromatic carbocycles. The van der Waals surface area contributed by atoms with Gasteiger partial charge in [0.05, 0.1) is 11.7 Å². The number of rotatable bonds is 2. The molecule has 0 aromatic heterocycles. The molecule has 2 saturated heterocycles. The lowest BCUT2D eigenvalue weighted by atomic mass is 9.81. The van der Waals surface area contributed by atoms with E-state index in [1.54, 1.807) is 0 Å². The van der Waals surface area contributed by atoms with Gasteiger partial charge in [-0.05, 0) is 39.5 Å². The van der Waals surface area contributed by atoms with E-state index in [1.165, 1.54) is 0 Å². The Labute approximate surface area is 128 Å². The molecule has 1 atom stereocenters. The van der Waals surface area contributed by atoms with Crippen molar-refractivity contribution in [2.45, 2.75) is 56.8 Å². The number of nitrogens with two attached hydrogens (primary N) is 1. The Morgan fingerprint density at radius 1 is 1.32 bits per heavy atom. The molecule has 1 unspecified atom stereocenters. The zero-order chi connectivity index (χ0) is 12.5. The lowest BCUT2D eigenvalue weighted by Gasteiger charge is -2.47. The van der Waals surface area contributed by atoms with Gasteiger partial charge in [-0.25, -0.2) is 0 Å². The zero-order valence-electron chi connectivity index (χ0n) is 11.9. The van der Waals surface area contributed by atoms with Crippen LogP contribution in [0.25, 0.3) is 0 Å². The summed E-state index contributed by atoms with van der Waals surface area (Å²) in [5, 5.41) is 10.1. The highest BCUT2D eigenvalue weighted by molar-refractivity contribution is 5.85. The fraction of sp³-hybridized carbons (Fsp3) is 1.00. The summed E-state index contributed by atoms with van der Waals surface area (Å²) in [6.45, 7) is 7.81. The smallest absolute Gasteiger partial charge is 0.0964 e. The minimum atomic E-state index is -0.274. The van der Waals surface area contributed by atoms with Crippen LogP contribution in [0.1, 0.15) is 39.5 Å². The van der Waals surface area contributed by atoms with E-state index in [2.05, 4.69) is 18.7 Å². The van der Waals surface area contributed by atoms with Crippen LogP contribution < -0.4 is 5.73 Å². The molecule has 2 heterocycles. The highest BCUT2D eigenvalue weighted by Gasteiger charge is 2.43. The van der Waals surface area contributed by atoms with E-state index in [-0.39, 0.29) is 42.1 Å². The van der Waals surface area contributed by atoms with Gasteiger partial charge < -0.3 is 20.5 Å². The third kappa shape index (κ3) is 5.03. The third-order valence-electron chi connectivity index (χ3n) is 3.95. The zero-order valence-corrected chi connectivity index (χ0v) is 13.6. The number of hydrogen-bond donors (Lipinski definition) is 2. The van der Waals surface area contributed by atoms with Crippen LogP contribution in [0.3, 0.4) is 0 Å². The topological polar surface area (TPSA) is 58.7 Å². The number of nitrogens with zero attached hydrogens (tertiary/aromatic N) is 1. The lowest BCUT2D eigenvalue weighted by Crippen LogP contribution is -2.57. The first-order chi connectivity index (χ1) is 7.91. The minimum Gasteiger partial charge on any atom is -0.390 e. The lowest BCUT2D eigenvalue weighted by molar-refractivity contribution is -0.177. The number of halogens is 2. The molecule has 0 saturated carbocycles. The summed E-state index contributed by atoms with van der Waals surface area (Å²) in [4.78, 5) is 2.38. The maximum absolute atomic E-state index is 10.1. The molecule has 116 valence electrons. The summed E-state index contributed by atoms with van der Waals surface area (Å²) < 4.78 is 5.89. The van der Waals surface area contributed by atoms with Gasteiger partial charge in [0, 0.05) is 31.8 Å². The van der Waals surface area contributed by atoms with Gasteiger partial charge in [-0.1, -0.05) is 0 Å². The van der Waals surface area contributed by atoms with Crippen LogP contribution in [-0.4, -0.2) is 53.5 Å². The van der Waals surface area contributed by atoms with Gasteiger partial charge >= 0.3 is 0 Å². The number of aliphatic hydroxyl groups is 1. The van der Waals surface area contributed by atoms with E-state index in [4.69, 9.17) is 10.5 Å². The molecule has 0 aromatic rings. The summed E-state index contributed by atoms with van der Waals surface area (Å²) in [7, 11) is 0.